The first-order chi connectivity index (χ1) is 19.1. The van der Waals surface area contributed by atoms with Crippen LogP contribution in [0.3, 0.4) is 0 Å². The van der Waals surface area contributed by atoms with Crippen molar-refractivity contribution in [1.29, 1.82) is 0 Å². The average molecular weight is 667 g/mol. The number of anilines is 1. The van der Waals surface area contributed by atoms with E-state index in [1.54, 1.807) is 0 Å². The molecular formula is C20H18N4O14S4. The summed E-state index contributed by atoms with van der Waals surface area (Å²) in [6, 6.07) is 3.75. The Morgan fingerprint density at radius 3 is 1.71 bits per heavy atom. The second-order valence-electron chi connectivity index (χ2n) is 8.75. The summed E-state index contributed by atoms with van der Waals surface area (Å²) in [7, 11) is -19.8. The van der Waals surface area contributed by atoms with Crippen molar-refractivity contribution < 1.29 is 56.7 Å². The lowest BCUT2D eigenvalue weighted by atomic mass is 9.97. The van der Waals surface area contributed by atoms with Crippen LogP contribution in [0.2, 0.25) is 0 Å². The van der Waals surface area contributed by atoms with Crippen molar-refractivity contribution in [2.75, 3.05) is 5.01 Å². The summed E-state index contributed by atoms with van der Waals surface area (Å²) >= 11 is 0. The Balaban J connectivity index is 1.77. The SMILES string of the molecule is CC1=NN(c2cc(S(=O)(=O)O)ccc2S(=O)(=O)O)C(=O)C1Cc1c[nH]n(-c2cc(S(=O)(=O)O)ccc2S(=O)(=O)O)c1=O. The van der Waals surface area contributed by atoms with Crippen LogP contribution in [0.1, 0.15) is 12.5 Å². The second kappa shape index (κ2) is 10.2. The molecule has 0 aliphatic carbocycles. The highest BCUT2D eigenvalue weighted by molar-refractivity contribution is 7.87. The van der Waals surface area contributed by atoms with Crippen molar-refractivity contribution in [3.63, 3.8) is 0 Å². The van der Waals surface area contributed by atoms with E-state index in [1.165, 1.54) is 6.92 Å². The van der Waals surface area contributed by atoms with Crippen molar-refractivity contribution in [2.45, 2.75) is 32.9 Å². The summed E-state index contributed by atoms with van der Waals surface area (Å²) in [4.78, 5) is 23.0. The number of nitrogens with one attached hydrogen (secondary N) is 1. The molecule has 0 fully saturated rings. The largest absolute Gasteiger partial charge is 0.298 e. The molecule has 22 heteroatoms. The zero-order chi connectivity index (χ0) is 31.6. The Bertz CT molecular complexity index is 2180. The predicted octanol–water partition coefficient (Wildman–Crippen LogP) is -0.266. The molecule has 226 valence electrons. The molecule has 0 bridgehead atoms. The standard InChI is InChI=1S/C20H18N4O14S4/c1-10-14(20(26)24(22-10)16-8-13(40(30,31)32)3-5-18(16)42(36,37)38)6-11-9-21-23(19(11)25)15-7-12(39(27,28)29)2-4-17(15)41(33,34)35/h2-5,7-9,14,21H,6H2,1H3,(H,27,28,29)(H,30,31,32)(H,33,34,35)(H,36,37,38). The molecule has 1 aliphatic rings. The van der Waals surface area contributed by atoms with Crippen LogP contribution < -0.4 is 10.6 Å². The molecule has 0 saturated heterocycles. The van der Waals surface area contributed by atoms with Gasteiger partial charge in [0.2, 0.25) is 0 Å². The zero-order valence-corrected chi connectivity index (χ0v) is 23.9. The molecule has 1 aliphatic heterocycles. The van der Waals surface area contributed by atoms with Crippen LogP contribution in [0, 0.1) is 5.92 Å². The number of aromatic amines is 1. The van der Waals surface area contributed by atoms with Gasteiger partial charge in [-0.3, -0.25) is 32.9 Å². The number of carbonyl (C=O) groups excluding carboxylic acids is 1. The fraction of sp³-hybridized carbons (Fsp3) is 0.150. The average Bonchev–Trinajstić information content (AvgIpc) is 3.35. The third-order valence-corrected chi connectivity index (χ3v) is 9.52. The lowest BCUT2D eigenvalue weighted by Crippen LogP contribution is -2.31. The summed E-state index contributed by atoms with van der Waals surface area (Å²) in [6.07, 6.45) is 0.549. The van der Waals surface area contributed by atoms with E-state index in [2.05, 4.69) is 10.2 Å². The quantitative estimate of drug-likeness (QED) is 0.194. The number of hydrogen-bond donors (Lipinski definition) is 5. The van der Waals surface area contributed by atoms with Gasteiger partial charge in [0.1, 0.15) is 9.79 Å². The Kier molecular flexibility index (Phi) is 7.57. The second-order valence-corrected chi connectivity index (χ2v) is 14.4. The molecule has 1 unspecified atom stereocenters. The van der Waals surface area contributed by atoms with Gasteiger partial charge >= 0.3 is 0 Å². The van der Waals surface area contributed by atoms with Crippen LogP contribution in [0.15, 0.2) is 72.1 Å². The highest BCUT2D eigenvalue weighted by atomic mass is 32.2. The summed E-state index contributed by atoms with van der Waals surface area (Å²) in [6.45, 7) is 1.31. The summed E-state index contributed by atoms with van der Waals surface area (Å²) < 4.78 is 132. The zero-order valence-electron chi connectivity index (χ0n) is 20.7. The molecule has 0 radical (unpaired) electrons. The summed E-state index contributed by atoms with van der Waals surface area (Å²) in [5.74, 6) is -2.29. The number of nitrogens with zero attached hydrogens (tertiary/aromatic N) is 3. The van der Waals surface area contributed by atoms with Crippen LogP contribution in [0.4, 0.5) is 5.69 Å². The van der Waals surface area contributed by atoms with Gasteiger partial charge in [0, 0.05) is 17.5 Å². The van der Waals surface area contributed by atoms with Gasteiger partial charge in [0.15, 0.2) is 0 Å². The van der Waals surface area contributed by atoms with Gasteiger partial charge in [-0.05, 0) is 49.7 Å². The van der Waals surface area contributed by atoms with Gasteiger partial charge in [-0.15, -0.1) is 0 Å². The van der Waals surface area contributed by atoms with Gasteiger partial charge in [0.25, 0.3) is 51.9 Å². The number of benzene rings is 2. The van der Waals surface area contributed by atoms with Crippen molar-refractivity contribution in [1.82, 2.24) is 9.78 Å². The highest BCUT2D eigenvalue weighted by Gasteiger charge is 2.38. The van der Waals surface area contributed by atoms with Crippen LogP contribution in [0.5, 0.6) is 0 Å². The molecule has 42 heavy (non-hydrogen) atoms. The third-order valence-electron chi connectivity index (χ3n) is 6.02. The van der Waals surface area contributed by atoms with Crippen molar-refractivity contribution in [3.8, 4) is 5.69 Å². The van der Waals surface area contributed by atoms with Gasteiger partial charge in [-0.1, -0.05) is 0 Å². The Labute approximate surface area is 236 Å². The fourth-order valence-electron chi connectivity index (χ4n) is 4.05. The minimum absolute atomic E-state index is 0.0160. The monoisotopic (exact) mass is 666 g/mol. The van der Waals surface area contributed by atoms with E-state index in [9.17, 15) is 61.5 Å². The van der Waals surface area contributed by atoms with E-state index in [-0.39, 0.29) is 11.3 Å². The molecule has 18 nitrogen and oxygen atoms in total. The van der Waals surface area contributed by atoms with Crippen LogP contribution in [-0.2, 0) is 51.7 Å². The number of amides is 1. The van der Waals surface area contributed by atoms with Gasteiger partial charge < -0.3 is 0 Å². The van der Waals surface area contributed by atoms with Crippen LogP contribution >= 0.6 is 0 Å². The maximum Gasteiger partial charge on any atom is 0.296 e. The van der Waals surface area contributed by atoms with E-state index in [4.69, 9.17) is 0 Å². The maximum absolute atomic E-state index is 13.3. The summed E-state index contributed by atoms with van der Waals surface area (Å²) in [5.41, 5.74) is -2.69. The Morgan fingerprint density at radius 1 is 0.762 bits per heavy atom. The molecule has 2 aromatic carbocycles. The van der Waals surface area contributed by atoms with Crippen molar-refractivity contribution in [2.24, 2.45) is 11.0 Å². The lowest BCUT2D eigenvalue weighted by molar-refractivity contribution is -0.119. The smallest absolute Gasteiger partial charge is 0.296 e. The molecule has 4 rings (SSSR count). The lowest BCUT2D eigenvalue weighted by Gasteiger charge is -2.17. The van der Waals surface area contributed by atoms with Crippen molar-refractivity contribution in [3.05, 3.63) is 58.5 Å². The molecule has 1 atom stereocenters. The number of rotatable bonds is 8. The molecule has 5 N–H and O–H groups in total. The van der Waals surface area contributed by atoms with Gasteiger partial charge in [-0.2, -0.15) is 43.8 Å². The van der Waals surface area contributed by atoms with E-state index in [0.717, 1.165) is 6.20 Å². The molecule has 2 heterocycles. The third kappa shape index (κ3) is 5.91. The van der Waals surface area contributed by atoms with Crippen LogP contribution in [-0.4, -0.2) is 73.3 Å². The number of hydrazone groups is 1. The fourth-order valence-corrected chi connectivity index (χ4v) is 6.36. The first-order valence-electron chi connectivity index (χ1n) is 11.0. The topological polar surface area (TPSA) is 288 Å². The van der Waals surface area contributed by atoms with E-state index < -0.39 is 95.2 Å². The Morgan fingerprint density at radius 2 is 1.24 bits per heavy atom. The Hall–Kier alpha value is -3.77. The molecule has 1 aromatic heterocycles. The molecule has 0 saturated carbocycles. The van der Waals surface area contributed by atoms with E-state index in [0.29, 0.717) is 46.1 Å². The molecule has 3 aromatic rings. The number of aromatic nitrogens is 2. The van der Waals surface area contributed by atoms with E-state index >= 15 is 0 Å². The molecular weight excluding hydrogens is 649 g/mol. The number of hydrogen-bond acceptors (Lipinski definition) is 11. The van der Waals surface area contributed by atoms with E-state index in [1.807, 2.05) is 0 Å². The normalized spacial score (nSPS) is 16.6. The highest BCUT2D eigenvalue weighted by Crippen LogP contribution is 2.33. The minimum Gasteiger partial charge on any atom is -0.298 e. The number of H-pyrrole nitrogens is 1. The first-order valence-corrected chi connectivity index (χ1v) is 16.7. The number of carbonyl (C=O) groups is 1. The minimum atomic E-state index is -5.04. The molecule has 0 spiro atoms. The van der Waals surface area contributed by atoms with Gasteiger partial charge in [0.05, 0.1) is 27.1 Å². The summed E-state index contributed by atoms with van der Waals surface area (Å²) in [5, 5.41) is 6.73. The van der Waals surface area contributed by atoms with Crippen molar-refractivity contribution >= 4 is 57.8 Å². The predicted molar refractivity (Wildman–Crippen MR) is 140 cm³/mol. The first kappa shape index (κ1) is 31.2. The maximum atomic E-state index is 13.3. The molecule has 1 amide bonds. The van der Waals surface area contributed by atoms with Crippen LogP contribution in [0.25, 0.3) is 5.69 Å². The van der Waals surface area contributed by atoms with Gasteiger partial charge in [-0.25, -0.2) is 4.68 Å².